The molecule has 0 saturated carbocycles. The van der Waals surface area contributed by atoms with Gasteiger partial charge in [0.05, 0.1) is 12.8 Å². The molecule has 0 bridgehead atoms. The second-order valence-electron chi connectivity index (χ2n) is 6.43. The number of alkyl halides is 2. The Bertz CT molecular complexity index is 797. The molecule has 0 unspecified atom stereocenters. The molecule has 1 saturated heterocycles. The van der Waals surface area contributed by atoms with Crippen molar-refractivity contribution in [2.24, 2.45) is 0 Å². The van der Waals surface area contributed by atoms with Gasteiger partial charge in [0, 0.05) is 31.5 Å². The Labute approximate surface area is 151 Å². The minimum absolute atomic E-state index is 0.121. The van der Waals surface area contributed by atoms with Crippen LogP contribution in [0, 0.1) is 6.92 Å². The molecule has 0 atom stereocenters. The van der Waals surface area contributed by atoms with Gasteiger partial charge in [-0.1, -0.05) is 30.3 Å². The first-order chi connectivity index (χ1) is 12.4. The van der Waals surface area contributed by atoms with Crippen molar-refractivity contribution in [3.63, 3.8) is 0 Å². The van der Waals surface area contributed by atoms with Crippen LogP contribution >= 0.6 is 0 Å². The van der Waals surface area contributed by atoms with Gasteiger partial charge in [0.1, 0.15) is 5.56 Å². The smallest absolute Gasteiger partial charge is 0.342 e. The quantitative estimate of drug-likeness (QED) is 0.777. The van der Waals surface area contributed by atoms with Gasteiger partial charge in [-0.15, -0.1) is 10.2 Å². The second kappa shape index (κ2) is 7.35. The van der Waals surface area contributed by atoms with Crippen molar-refractivity contribution in [1.82, 2.24) is 10.2 Å². The Kier molecular flexibility index (Phi) is 5.15. The van der Waals surface area contributed by atoms with Crippen LogP contribution in [0.5, 0.6) is 0 Å². The number of benzene rings is 1. The molecule has 1 aromatic carbocycles. The molecule has 5 nitrogen and oxygen atoms in total. The summed E-state index contributed by atoms with van der Waals surface area (Å²) in [7, 11) is 1.30. The van der Waals surface area contributed by atoms with Gasteiger partial charge in [-0.05, 0) is 18.9 Å². The molecule has 2 heterocycles. The summed E-state index contributed by atoms with van der Waals surface area (Å²) in [4.78, 5) is 14.1. The highest BCUT2D eigenvalue weighted by Crippen LogP contribution is 2.33. The van der Waals surface area contributed by atoms with E-state index in [0.717, 1.165) is 5.56 Å². The molecule has 1 fully saturated rings. The van der Waals surface area contributed by atoms with Gasteiger partial charge in [-0.25, -0.2) is 13.6 Å². The van der Waals surface area contributed by atoms with Crippen molar-refractivity contribution in [3.8, 4) is 11.3 Å². The maximum Gasteiger partial charge on any atom is 0.342 e. The fourth-order valence-corrected chi connectivity index (χ4v) is 3.22. The minimum Gasteiger partial charge on any atom is -0.465 e. The number of nitrogens with zero attached hydrogens (tertiary/aromatic N) is 3. The summed E-state index contributed by atoms with van der Waals surface area (Å²) >= 11 is 0. The van der Waals surface area contributed by atoms with Crippen molar-refractivity contribution in [1.29, 1.82) is 0 Å². The van der Waals surface area contributed by atoms with Gasteiger partial charge in [0.15, 0.2) is 5.82 Å². The van der Waals surface area contributed by atoms with E-state index in [9.17, 15) is 13.6 Å². The van der Waals surface area contributed by atoms with E-state index in [0.29, 0.717) is 30.0 Å². The minimum atomic E-state index is -2.69. The monoisotopic (exact) mass is 361 g/mol. The van der Waals surface area contributed by atoms with E-state index in [1.807, 2.05) is 30.3 Å². The zero-order chi connectivity index (χ0) is 18.7. The van der Waals surface area contributed by atoms with E-state index in [4.69, 9.17) is 4.74 Å². The highest BCUT2D eigenvalue weighted by atomic mass is 19.3. The number of anilines is 1. The average molecular weight is 361 g/mol. The van der Waals surface area contributed by atoms with Crippen molar-refractivity contribution >= 4 is 11.8 Å². The fourth-order valence-electron chi connectivity index (χ4n) is 3.22. The van der Waals surface area contributed by atoms with Crippen LogP contribution in [0.25, 0.3) is 11.3 Å². The number of esters is 1. The number of methoxy groups -OCH3 is 1. The van der Waals surface area contributed by atoms with Crippen LogP contribution in [0.2, 0.25) is 0 Å². The number of hydrogen-bond acceptors (Lipinski definition) is 5. The van der Waals surface area contributed by atoms with Crippen molar-refractivity contribution in [2.45, 2.75) is 32.1 Å². The summed E-state index contributed by atoms with van der Waals surface area (Å²) < 4.78 is 32.3. The molecule has 138 valence electrons. The highest BCUT2D eigenvalue weighted by Gasteiger charge is 2.34. The Hall–Kier alpha value is -2.57. The summed E-state index contributed by atoms with van der Waals surface area (Å²) in [5.74, 6) is -2.92. The van der Waals surface area contributed by atoms with Crippen molar-refractivity contribution in [3.05, 3.63) is 41.5 Å². The molecule has 26 heavy (non-hydrogen) atoms. The maximum absolute atomic E-state index is 13.7. The fraction of sp³-hybridized carbons (Fsp3) is 0.421. The number of carbonyl (C=O) groups is 1. The predicted octanol–water partition coefficient (Wildman–Crippen LogP) is 3.86. The van der Waals surface area contributed by atoms with Gasteiger partial charge in [0.2, 0.25) is 5.92 Å². The van der Waals surface area contributed by atoms with Gasteiger partial charge < -0.3 is 9.64 Å². The number of aromatic nitrogens is 2. The average Bonchev–Trinajstić information content (AvgIpc) is 2.82. The molecule has 3 rings (SSSR count). The van der Waals surface area contributed by atoms with E-state index in [1.54, 1.807) is 11.8 Å². The van der Waals surface area contributed by atoms with Crippen LogP contribution in [0.15, 0.2) is 30.3 Å². The molecule has 2 aromatic rings. The number of carbonyl (C=O) groups excluding carboxylic acids is 1. The van der Waals surface area contributed by atoms with E-state index in [2.05, 4.69) is 10.2 Å². The second-order valence-corrected chi connectivity index (χ2v) is 6.43. The summed E-state index contributed by atoms with van der Waals surface area (Å²) in [6.07, 6.45) is -0.102. The van der Waals surface area contributed by atoms with Gasteiger partial charge in [-0.2, -0.15) is 0 Å². The lowest BCUT2D eigenvalue weighted by molar-refractivity contribution is -0.0102. The van der Waals surface area contributed by atoms with Gasteiger partial charge >= 0.3 is 5.97 Å². The topological polar surface area (TPSA) is 55.3 Å². The van der Waals surface area contributed by atoms with E-state index < -0.39 is 11.9 Å². The van der Waals surface area contributed by atoms with Crippen LogP contribution in [-0.4, -0.2) is 42.3 Å². The summed E-state index contributed by atoms with van der Waals surface area (Å²) in [5, 5.41) is 8.51. The predicted molar refractivity (Wildman–Crippen MR) is 94.6 cm³/mol. The lowest BCUT2D eigenvalue weighted by Gasteiger charge is -2.24. The Morgan fingerprint density at radius 2 is 1.88 bits per heavy atom. The highest BCUT2D eigenvalue weighted by molar-refractivity contribution is 5.97. The lowest BCUT2D eigenvalue weighted by atomic mass is 10.0. The third-order valence-corrected chi connectivity index (χ3v) is 4.65. The first kappa shape index (κ1) is 18.2. The summed E-state index contributed by atoms with van der Waals surface area (Å²) in [5.41, 5.74) is 2.32. The van der Waals surface area contributed by atoms with E-state index in [-0.39, 0.29) is 24.9 Å². The van der Waals surface area contributed by atoms with Crippen LogP contribution in [0.4, 0.5) is 14.6 Å². The molecule has 0 amide bonds. The standard InChI is InChI=1S/C19H21F2N3O2/c1-13-15(18(25)26-2)17(24-11-6-9-19(20,21)10-12-24)23-22-16(13)14-7-4-3-5-8-14/h3-5,7-8H,6,9-12H2,1-2H3. The number of halogens is 2. The number of rotatable bonds is 3. The first-order valence-corrected chi connectivity index (χ1v) is 8.57. The molecule has 1 aliphatic rings. The number of ether oxygens (including phenoxy) is 1. The molecule has 0 spiro atoms. The normalized spacial score (nSPS) is 16.8. The van der Waals surface area contributed by atoms with Gasteiger partial charge in [-0.3, -0.25) is 0 Å². The summed E-state index contributed by atoms with van der Waals surface area (Å²) in [6.45, 7) is 2.30. The molecule has 7 heteroatoms. The third kappa shape index (κ3) is 3.66. The molecular weight excluding hydrogens is 340 g/mol. The summed E-state index contributed by atoms with van der Waals surface area (Å²) in [6, 6.07) is 9.39. The Morgan fingerprint density at radius 1 is 1.15 bits per heavy atom. The molecule has 1 aromatic heterocycles. The Morgan fingerprint density at radius 3 is 2.58 bits per heavy atom. The Balaban J connectivity index is 2.05. The van der Waals surface area contributed by atoms with Crippen molar-refractivity contribution < 1.29 is 18.3 Å². The molecule has 1 aliphatic heterocycles. The largest absolute Gasteiger partial charge is 0.465 e. The zero-order valence-corrected chi connectivity index (χ0v) is 14.8. The van der Waals surface area contributed by atoms with Crippen LogP contribution in [-0.2, 0) is 4.74 Å². The van der Waals surface area contributed by atoms with E-state index >= 15 is 0 Å². The SMILES string of the molecule is COC(=O)c1c(N2CCCC(F)(F)CC2)nnc(-c2ccccc2)c1C. The molecule has 0 aliphatic carbocycles. The number of hydrogen-bond donors (Lipinski definition) is 0. The molecule has 0 N–H and O–H groups in total. The maximum atomic E-state index is 13.7. The molecule has 0 radical (unpaired) electrons. The van der Waals surface area contributed by atoms with Crippen LogP contribution < -0.4 is 4.90 Å². The van der Waals surface area contributed by atoms with Crippen LogP contribution in [0.3, 0.4) is 0 Å². The first-order valence-electron chi connectivity index (χ1n) is 8.57. The van der Waals surface area contributed by atoms with E-state index in [1.165, 1.54) is 7.11 Å². The third-order valence-electron chi connectivity index (χ3n) is 4.65. The molecular formula is C19H21F2N3O2. The van der Waals surface area contributed by atoms with Crippen molar-refractivity contribution in [2.75, 3.05) is 25.1 Å². The van der Waals surface area contributed by atoms with Gasteiger partial charge in [0.25, 0.3) is 0 Å². The lowest BCUT2D eigenvalue weighted by Crippen LogP contribution is -2.29. The zero-order valence-electron chi connectivity index (χ0n) is 14.8. The van der Waals surface area contributed by atoms with Crippen LogP contribution in [0.1, 0.15) is 35.2 Å².